The Balaban J connectivity index is 2.38. The Bertz CT molecular complexity index is 1120. The summed E-state index contributed by atoms with van der Waals surface area (Å²) in [7, 11) is 0. The van der Waals surface area contributed by atoms with E-state index in [1.54, 1.807) is 13.0 Å². The first-order valence-corrected chi connectivity index (χ1v) is 11.0. The van der Waals surface area contributed by atoms with E-state index < -0.39 is 58.9 Å². The fourth-order valence-electron chi connectivity index (χ4n) is 3.61. The number of nitrogens with one attached hydrogen (secondary N) is 2. The molecule has 3 atom stereocenters. The Morgan fingerprint density at radius 1 is 1.11 bits per heavy atom. The molecule has 36 heavy (non-hydrogen) atoms. The van der Waals surface area contributed by atoms with Crippen molar-refractivity contribution in [3.8, 4) is 0 Å². The Morgan fingerprint density at radius 2 is 1.78 bits per heavy atom. The lowest BCUT2D eigenvalue weighted by Gasteiger charge is -2.27. The monoisotopic (exact) mass is 503 g/mol. The molecule has 0 aliphatic rings. The normalized spacial score (nSPS) is 13.1. The molecule has 11 nitrogen and oxygen atoms in total. The van der Waals surface area contributed by atoms with Crippen LogP contribution in [0.5, 0.6) is 0 Å². The molecule has 0 aliphatic carbocycles. The van der Waals surface area contributed by atoms with Crippen LogP contribution in [0.1, 0.15) is 37.3 Å². The van der Waals surface area contributed by atoms with Crippen LogP contribution in [0.15, 0.2) is 48.5 Å². The average Bonchev–Trinajstić information content (AvgIpc) is 2.80. The third kappa shape index (κ3) is 8.15. The van der Waals surface area contributed by atoms with Gasteiger partial charge in [-0.15, -0.1) is 0 Å². The zero-order chi connectivity index (χ0) is 26.8. The van der Waals surface area contributed by atoms with Gasteiger partial charge in [0.15, 0.2) is 0 Å². The first-order valence-electron chi connectivity index (χ1n) is 11.0. The van der Waals surface area contributed by atoms with Crippen LogP contribution in [0.2, 0.25) is 0 Å². The highest BCUT2D eigenvalue weighted by Gasteiger charge is 2.35. The lowest BCUT2D eigenvalue weighted by molar-refractivity contribution is -0.384. The molecule has 0 bridgehead atoms. The van der Waals surface area contributed by atoms with Gasteiger partial charge in [0.2, 0.25) is 11.8 Å². The van der Waals surface area contributed by atoms with Crippen molar-refractivity contribution in [2.45, 2.75) is 44.7 Å². The largest absolute Gasteiger partial charge is 0.480 e. The summed E-state index contributed by atoms with van der Waals surface area (Å²) in [5.41, 5.74) is 0.377. The van der Waals surface area contributed by atoms with Crippen molar-refractivity contribution >= 4 is 29.4 Å². The van der Waals surface area contributed by atoms with Crippen molar-refractivity contribution < 1.29 is 38.3 Å². The van der Waals surface area contributed by atoms with Crippen molar-refractivity contribution in [1.82, 2.24) is 10.6 Å². The number of hydrogen-bond donors (Lipinski definition) is 3. The number of carboxylic acids is 1. The number of benzene rings is 2. The topological polar surface area (TPSA) is 165 Å². The van der Waals surface area contributed by atoms with Crippen molar-refractivity contribution in [3.63, 3.8) is 0 Å². The number of aliphatic carboxylic acids is 1. The number of nitrogens with zero attached hydrogens (tertiary/aromatic N) is 1. The molecule has 0 aromatic heterocycles. The summed E-state index contributed by atoms with van der Waals surface area (Å²) < 4.78 is 18.5. The van der Waals surface area contributed by atoms with Gasteiger partial charge in [-0.25, -0.2) is 9.18 Å². The summed E-state index contributed by atoms with van der Waals surface area (Å²) in [5, 5.41) is 25.7. The van der Waals surface area contributed by atoms with Crippen molar-refractivity contribution in [1.29, 1.82) is 0 Å². The molecule has 2 aromatic carbocycles. The SMILES string of the molecule is CCOC(=O)C[C@H](c1ccc([N+](=O)[O-])cc1)[C@H](NC(=O)[C@@H](Cc1cccc(F)c1)NC(C)=O)C(=O)O. The Kier molecular flexibility index (Phi) is 10.0. The maximum absolute atomic E-state index is 13.6. The third-order valence-corrected chi connectivity index (χ3v) is 5.21. The molecule has 3 N–H and O–H groups in total. The van der Waals surface area contributed by atoms with Gasteiger partial charge in [0.25, 0.3) is 5.69 Å². The molecule has 2 rings (SSSR count). The average molecular weight is 503 g/mol. The molecule has 192 valence electrons. The van der Waals surface area contributed by atoms with Crippen LogP contribution in [-0.2, 0) is 30.3 Å². The highest BCUT2D eigenvalue weighted by Crippen LogP contribution is 2.27. The molecule has 0 aliphatic heterocycles. The van der Waals surface area contributed by atoms with Crippen molar-refractivity contribution in [2.75, 3.05) is 6.61 Å². The van der Waals surface area contributed by atoms with E-state index in [0.29, 0.717) is 5.56 Å². The van der Waals surface area contributed by atoms with Crippen LogP contribution in [-0.4, -0.2) is 52.5 Å². The Labute approximate surface area is 205 Å². The maximum Gasteiger partial charge on any atom is 0.326 e. The number of amides is 2. The highest BCUT2D eigenvalue weighted by atomic mass is 19.1. The van der Waals surface area contributed by atoms with Gasteiger partial charge in [-0.05, 0) is 30.2 Å². The second kappa shape index (κ2) is 12.9. The number of halogens is 1. The van der Waals surface area contributed by atoms with E-state index in [4.69, 9.17) is 4.74 Å². The maximum atomic E-state index is 13.6. The van der Waals surface area contributed by atoms with Crippen LogP contribution in [0, 0.1) is 15.9 Å². The number of carboxylic acid groups (broad SMARTS) is 1. The molecule has 0 fully saturated rings. The molecule has 0 saturated carbocycles. The number of hydrogen-bond acceptors (Lipinski definition) is 7. The number of carbonyl (C=O) groups is 4. The van der Waals surface area contributed by atoms with E-state index in [1.807, 2.05) is 0 Å². The van der Waals surface area contributed by atoms with E-state index in [-0.39, 0.29) is 24.3 Å². The Hall–Kier alpha value is -4.35. The second-order valence-corrected chi connectivity index (χ2v) is 7.88. The van der Waals surface area contributed by atoms with Crippen molar-refractivity contribution in [3.05, 3.63) is 75.6 Å². The number of non-ortho nitro benzene ring substituents is 1. The first-order chi connectivity index (χ1) is 17.0. The minimum atomic E-state index is -1.66. The van der Waals surface area contributed by atoms with Crippen LogP contribution >= 0.6 is 0 Å². The van der Waals surface area contributed by atoms with Crippen LogP contribution in [0.4, 0.5) is 10.1 Å². The zero-order valence-electron chi connectivity index (χ0n) is 19.6. The van der Waals surface area contributed by atoms with Crippen molar-refractivity contribution in [2.24, 2.45) is 0 Å². The fourth-order valence-corrected chi connectivity index (χ4v) is 3.61. The molecular weight excluding hydrogens is 477 g/mol. The van der Waals surface area contributed by atoms with Gasteiger partial charge in [0, 0.05) is 31.4 Å². The van der Waals surface area contributed by atoms with E-state index in [9.17, 15) is 38.8 Å². The summed E-state index contributed by atoms with van der Waals surface area (Å²) >= 11 is 0. The van der Waals surface area contributed by atoms with E-state index in [2.05, 4.69) is 10.6 Å². The molecular formula is C24H26FN3O8. The molecule has 0 radical (unpaired) electrons. The summed E-state index contributed by atoms with van der Waals surface area (Å²) in [5.74, 6) is -5.37. The molecule has 0 saturated heterocycles. The summed E-state index contributed by atoms with van der Waals surface area (Å²) in [6.45, 7) is 2.77. The quantitative estimate of drug-likeness (QED) is 0.225. The van der Waals surface area contributed by atoms with Gasteiger partial charge in [-0.1, -0.05) is 24.3 Å². The smallest absolute Gasteiger partial charge is 0.326 e. The lowest BCUT2D eigenvalue weighted by atomic mass is 9.88. The van der Waals surface area contributed by atoms with Gasteiger partial charge in [0.1, 0.15) is 17.9 Å². The van der Waals surface area contributed by atoms with Crippen LogP contribution in [0.3, 0.4) is 0 Å². The molecule has 2 amide bonds. The lowest BCUT2D eigenvalue weighted by Crippen LogP contribution is -2.54. The molecule has 0 heterocycles. The summed E-state index contributed by atoms with van der Waals surface area (Å²) in [4.78, 5) is 59.6. The van der Waals surface area contributed by atoms with E-state index in [1.165, 1.54) is 37.3 Å². The summed E-state index contributed by atoms with van der Waals surface area (Å²) in [6, 6.07) is 7.34. The zero-order valence-corrected chi connectivity index (χ0v) is 19.6. The van der Waals surface area contributed by atoms with Gasteiger partial charge in [-0.3, -0.25) is 24.5 Å². The third-order valence-electron chi connectivity index (χ3n) is 5.21. The standard InChI is InChI=1S/C24H26FN3O8/c1-3-36-21(30)13-19(16-7-9-18(10-8-16)28(34)35)22(24(32)33)27-23(31)20(26-14(2)29)12-15-5-4-6-17(25)11-15/h4-11,19-20,22H,3,12-13H2,1-2H3,(H,26,29)(H,27,31)(H,32,33)/t19-,20-,22+/m1/s1. The van der Waals surface area contributed by atoms with E-state index >= 15 is 0 Å². The number of rotatable bonds is 12. The van der Waals surface area contributed by atoms with E-state index in [0.717, 1.165) is 12.1 Å². The number of nitro benzene ring substituents is 1. The molecule has 0 unspecified atom stereocenters. The molecule has 12 heteroatoms. The second-order valence-electron chi connectivity index (χ2n) is 7.88. The highest BCUT2D eigenvalue weighted by molar-refractivity contribution is 5.91. The van der Waals surface area contributed by atoms with Crippen LogP contribution in [0.25, 0.3) is 0 Å². The Morgan fingerprint density at radius 3 is 2.31 bits per heavy atom. The minimum Gasteiger partial charge on any atom is -0.480 e. The minimum absolute atomic E-state index is 0.0359. The number of nitro groups is 1. The molecule has 0 spiro atoms. The van der Waals surface area contributed by atoms with Gasteiger partial charge >= 0.3 is 11.9 Å². The number of ether oxygens (including phenoxy) is 1. The van der Waals surface area contributed by atoms with Gasteiger partial charge in [0.05, 0.1) is 18.0 Å². The molecule has 2 aromatic rings. The fraction of sp³-hybridized carbons (Fsp3) is 0.333. The van der Waals surface area contributed by atoms with Crippen LogP contribution < -0.4 is 10.6 Å². The first kappa shape index (κ1) is 27.9. The summed E-state index contributed by atoms with van der Waals surface area (Å²) in [6.07, 6.45) is -0.576. The number of carbonyl (C=O) groups excluding carboxylic acids is 3. The predicted molar refractivity (Wildman–Crippen MR) is 124 cm³/mol. The van der Waals surface area contributed by atoms with Gasteiger partial charge < -0.3 is 20.5 Å². The predicted octanol–water partition coefficient (Wildman–Crippen LogP) is 2.09. The van der Waals surface area contributed by atoms with Gasteiger partial charge in [-0.2, -0.15) is 0 Å². The number of esters is 1.